The molecule has 0 radical (unpaired) electrons. The molecule has 3 aromatic rings. The van der Waals surface area contributed by atoms with Gasteiger partial charge in [-0.25, -0.2) is 4.98 Å². The van der Waals surface area contributed by atoms with E-state index in [-0.39, 0.29) is 12.1 Å². The summed E-state index contributed by atoms with van der Waals surface area (Å²) in [6.07, 6.45) is -9.43. The number of amides is 1. The molecule has 38 heavy (non-hydrogen) atoms. The fourth-order valence-electron chi connectivity index (χ4n) is 4.43. The maximum atomic E-state index is 13.6. The van der Waals surface area contributed by atoms with Crippen LogP contribution >= 0.6 is 11.6 Å². The second-order valence-corrected chi connectivity index (χ2v) is 9.72. The number of alkyl halides is 6. The Morgan fingerprint density at radius 2 is 1.58 bits per heavy atom. The standard InChI is InChI=1S/C26H22ClF6N3O2/c1-24(2,21-7-4-8-22(34-21)25(28,29)30)35-19-14-20(15-5-3-6-18(13-15)38-26(31,32)33)36(23(19)37)17-11-9-16(27)10-12-17/h3-13,19-20,35H,14H2,1-2H3/t19-,20-/m1/s1. The first-order chi connectivity index (χ1) is 17.6. The molecular formula is C26H22ClF6N3O2. The van der Waals surface area contributed by atoms with Crippen molar-refractivity contribution >= 4 is 23.2 Å². The predicted octanol–water partition coefficient (Wildman–Crippen LogP) is 7.02. The smallest absolute Gasteiger partial charge is 0.406 e. The Bertz CT molecular complexity index is 1310. The third-order valence-corrected chi connectivity index (χ3v) is 6.35. The number of rotatable bonds is 6. The SMILES string of the molecule is CC(C)(N[C@@H]1C[C@H](c2cccc(OC(F)(F)F)c2)N(c2ccc(Cl)cc2)C1=O)c1cccc(C(F)(F)F)n1. The molecule has 0 saturated carbocycles. The molecule has 2 heterocycles. The van der Waals surface area contributed by atoms with E-state index in [9.17, 15) is 31.1 Å². The largest absolute Gasteiger partial charge is 0.573 e. The average molecular weight is 558 g/mol. The van der Waals surface area contributed by atoms with Crippen molar-refractivity contribution in [3.8, 4) is 5.75 Å². The van der Waals surface area contributed by atoms with Gasteiger partial charge in [-0.2, -0.15) is 13.2 Å². The quantitative estimate of drug-likeness (QED) is 0.331. The Labute approximate surface area is 219 Å². The van der Waals surface area contributed by atoms with E-state index in [0.717, 1.165) is 12.1 Å². The first-order valence-corrected chi connectivity index (χ1v) is 11.8. The van der Waals surface area contributed by atoms with Gasteiger partial charge in [-0.3, -0.25) is 10.1 Å². The predicted molar refractivity (Wildman–Crippen MR) is 129 cm³/mol. The summed E-state index contributed by atoms with van der Waals surface area (Å²) < 4.78 is 82.2. The van der Waals surface area contributed by atoms with Crippen LogP contribution in [0.1, 0.15) is 43.3 Å². The summed E-state index contributed by atoms with van der Waals surface area (Å²) in [5.41, 5.74) is -1.32. The number of aromatic nitrogens is 1. The molecule has 0 aliphatic carbocycles. The van der Waals surface area contributed by atoms with Gasteiger partial charge in [0.05, 0.1) is 23.3 Å². The number of ether oxygens (including phenoxy) is 1. The zero-order valence-electron chi connectivity index (χ0n) is 20.1. The number of benzene rings is 2. The second kappa shape index (κ2) is 10.1. The van der Waals surface area contributed by atoms with Crippen molar-refractivity contribution in [2.75, 3.05) is 4.90 Å². The lowest BCUT2D eigenvalue weighted by Gasteiger charge is -2.29. The van der Waals surface area contributed by atoms with Gasteiger partial charge in [-0.1, -0.05) is 29.8 Å². The molecule has 0 spiro atoms. The minimum Gasteiger partial charge on any atom is -0.406 e. The third-order valence-electron chi connectivity index (χ3n) is 6.10. The van der Waals surface area contributed by atoms with Crippen LogP contribution in [0.15, 0.2) is 66.7 Å². The van der Waals surface area contributed by atoms with Crippen LogP contribution in [0, 0.1) is 0 Å². The lowest BCUT2D eigenvalue weighted by molar-refractivity contribution is -0.274. The Balaban J connectivity index is 1.68. The van der Waals surface area contributed by atoms with Gasteiger partial charge >= 0.3 is 12.5 Å². The minimum absolute atomic E-state index is 0.0715. The van der Waals surface area contributed by atoms with E-state index in [2.05, 4.69) is 15.0 Å². The molecule has 1 saturated heterocycles. The Morgan fingerprint density at radius 1 is 0.947 bits per heavy atom. The fourth-order valence-corrected chi connectivity index (χ4v) is 4.56. The molecule has 1 aliphatic heterocycles. The molecule has 2 aromatic carbocycles. The molecule has 202 valence electrons. The van der Waals surface area contributed by atoms with E-state index in [1.165, 1.54) is 29.2 Å². The van der Waals surface area contributed by atoms with E-state index < -0.39 is 47.5 Å². The van der Waals surface area contributed by atoms with Crippen LogP contribution in [0.25, 0.3) is 0 Å². The van der Waals surface area contributed by atoms with Crippen LogP contribution in [0.4, 0.5) is 32.0 Å². The highest BCUT2D eigenvalue weighted by atomic mass is 35.5. The van der Waals surface area contributed by atoms with Crippen molar-refractivity contribution in [1.82, 2.24) is 10.3 Å². The highest BCUT2D eigenvalue weighted by Gasteiger charge is 2.44. The molecule has 1 aliphatic rings. The summed E-state index contributed by atoms with van der Waals surface area (Å²) in [7, 11) is 0. The van der Waals surface area contributed by atoms with Gasteiger partial charge in [0.25, 0.3) is 0 Å². The van der Waals surface area contributed by atoms with Gasteiger partial charge in [-0.15, -0.1) is 13.2 Å². The monoisotopic (exact) mass is 557 g/mol. The van der Waals surface area contributed by atoms with Gasteiger partial charge in [0, 0.05) is 10.7 Å². The van der Waals surface area contributed by atoms with Gasteiger partial charge in [0.1, 0.15) is 11.4 Å². The van der Waals surface area contributed by atoms with Crippen LogP contribution in [0.2, 0.25) is 5.02 Å². The number of pyridine rings is 1. The second-order valence-electron chi connectivity index (χ2n) is 9.28. The van der Waals surface area contributed by atoms with E-state index in [0.29, 0.717) is 16.3 Å². The molecule has 1 N–H and O–H groups in total. The van der Waals surface area contributed by atoms with Crippen LogP contribution in [-0.4, -0.2) is 23.3 Å². The normalized spacial score (nSPS) is 18.7. The topological polar surface area (TPSA) is 54.5 Å². The van der Waals surface area contributed by atoms with Crippen molar-refractivity contribution in [2.45, 2.75) is 50.4 Å². The van der Waals surface area contributed by atoms with Crippen molar-refractivity contribution < 1.29 is 35.9 Å². The van der Waals surface area contributed by atoms with E-state index in [1.807, 2.05) is 0 Å². The molecule has 5 nitrogen and oxygen atoms in total. The number of hydrogen-bond donors (Lipinski definition) is 1. The number of carbonyl (C=O) groups excluding carboxylic acids is 1. The summed E-state index contributed by atoms with van der Waals surface area (Å²) >= 11 is 5.99. The van der Waals surface area contributed by atoms with Gasteiger partial charge < -0.3 is 9.64 Å². The van der Waals surface area contributed by atoms with E-state index in [4.69, 9.17) is 11.6 Å². The molecule has 2 atom stereocenters. The van der Waals surface area contributed by atoms with Gasteiger partial charge in [-0.05, 0) is 74.4 Å². The molecule has 4 rings (SSSR count). The number of nitrogens with zero attached hydrogens (tertiary/aromatic N) is 2. The molecular weight excluding hydrogens is 536 g/mol. The van der Waals surface area contributed by atoms with E-state index in [1.54, 1.807) is 44.2 Å². The fraction of sp³-hybridized carbons (Fsp3) is 0.308. The number of carbonyl (C=O) groups is 1. The molecule has 1 amide bonds. The van der Waals surface area contributed by atoms with Crippen LogP contribution < -0.4 is 15.0 Å². The van der Waals surface area contributed by atoms with Gasteiger partial charge in [0.2, 0.25) is 5.91 Å². The summed E-state index contributed by atoms with van der Waals surface area (Å²) in [5.74, 6) is -0.858. The van der Waals surface area contributed by atoms with Crippen LogP contribution in [-0.2, 0) is 16.5 Å². The molecule has 1 fully saturated rings. The summed E-state index contributed by atoms with van der Waals surface area (Å²) in [6.45, 7) is 3.20. The Kier molecular flexibility index (Phi) is 7.37. The molecule has 1 aromatic heterocycles. The maximum Gasteiger partial charge on any atom is 0.573 e. The molecule has 0 bridgehead atoms. The first-order valence-electron chi connectivity index (χ1n) is 11.4. The lowest BCUT2D eigenvalue weighted by Crippen LogP contribution is -2.48. The summed E-state index contributed by atoms with van der Waals surface area (Å²) in [5, 5.41) is 3.53. The minimum atomic E-state index is -4.90. The number of halogens is 7. The highest BCUT2D eigenvalue weighted by molar-refractivity contribution is 6.30. The number of anilines is 1. The summed E-state index contributed by atoms with van der Waals surface area (Å²) in [4.78, 5) is 18.8. The molecule has 12 heteroatoms. The van der Waals surface area contributed by atoms with Crippen molar-refractivity contribution in [2.24, 2.45) is 0 Å². The Morgan fingerprint density at radius 3 is 2.21 bits per heavy atom. The molecule has 0 unspecified atom stereocenters. The summed E-state index contributed by atoms with van der Waals surface area (Å²) in [6, 6.07) is 13.6. The maximum absolute atomic E-state index is 13.6. The van der Waals surface area contributed by atoms with Crippen molar-refractivity contribution in [1.29, 1.82) is 0 Å². The third kappa shape index (κ3) is 6.21. The Hall–Kier alpha value is -3.31. The van der Waals surface area contributed by atoms with Crippen LogP contribution in [0.3, 0.4) is 0 Å². The van der Waals surface area contributed by atoms with Crippen LogP contribution in [0.5, 0.6) is 5.75 Å². The zero-order chi connectivity index (χ0) is 27.9. The van der Waals surface area contributed by atoms with Gasteiger partial charge in [0.15, 0.2) is 0 Å². The lowest BCUT2D eigenvalue weighted by atomic mass is 9.96. The zero-order valence-corrected chi connectivity index (χ0v) is 20.8. The van der Waals surface area contributed by atoms with E-state index >= 15 is 0 Å². The average Bonchev–Trinajstić information content (AvgIpc) is 3.13. The first kappa shape index (κ1) is 27.7. The van der Waals surface area contributed by atoms with Crippen molar-refractivity contribution in [3.63, 3.8) is 0 Å². The number of nitrogens with one attached hydrogen (secondary N) is 1. The van der Waals surface area contributed by atoms with Crippen molar-refractivity contribution in [3.05, 3.63) is 88.7 Å². The highest BCUT2D eigenvalue weighted by Crippen LogP contribution is 2.40. The number of hydrogen-bond acceptors (Lipinski definition) is 4.